The zero-order valence-corrected chi connectivity index (χ0v) is 17.7. The van der Waals surface area contributed by atoms with Crippen LogP contribution < -0.4 is 19.7 Å². The van der Waals surface area contributed by atoms with Gasteiger partial charge in [-0.25, -0.2) is 4.98 Å². The Balaban J connectivity index is 1.26. The van der Waals surface area contributed by atoms with Crippen molar-refractivity contribution in [1.29, 1.82) is 0 Å². The van der Waals surface area contributed by atoms with E-state index in [0.29, 0.717) is 19.9 Å². The summed E-state index contributed by atoms with van der Waals surface area (Å²) in [4.78, 5) is 14.4. The third-order valence-electron chi connectivity index (χ3n) is 5.69. The maximum absolute atomic E-state index is 5.51. The summed E-state index contributed by atoms with van der Waals surface area (Å²) < 4.78 is 16.1. The lowest BCUT2D eigenvalue weighted by atomic mass is 10.1. The second-order valence-electron chi connectivity index (χ2n) is 7.76. The second-order valence-corrected chi connectivity index (χ2v) is 7.76. The zero-order chi connectivity index (χ0) is 21.0. The van der Waals surface area contributed by atoms with Crippen molar-refractivity contribution >= 4 is 22.7 Å². The number of anilines is 2. The summed E-state index contributed by atoms with van der Waals surface area (Å²) in [6.07, 6.45) is 0. The predicted molar refractivity (Wildman–Crippen MR) is 120 cm³/mol. The molecule has 0 bridgehead atoms. The van der Waals surface area contributed by atoms with E-state index >= 15 is 0 Å². The van der Waals surface area contributed by atoms with E-state index in [1.54, 1.807) is 7.11 Å². The molecule has 2 aromatic carbocycles. The van der Waals surface area contributed by atoms with Gasteiger partial charge in [0.1, 0.15) is 5.82 Å². The van der Waals surface area contributed by atoms with Gasteiger partial charge in [0.15, 0.2) is 11.5 Å². The van der Waals surface area contributed by atoms with Gasteiger partial charge in [0.05, 0.1) is 12.1 Å². The number of ether oxygens (including phenoxy) is 3. The van der Waals surface area contributed by atoms with Crippen LogP contribution in [0.25, 0.3) is 10.9 Å². The summed E-state index contributed by atoms with van der Waals surface area (Å²) in [7, 11) is 1.70. The molecule has 0 unspecified atom stereocenters. The van der Waals surface area contributed by atoms with Crippen LogP contribution in [0.5, 0.6) is 11.5 Å². The predicted octanol–water partition coefficient (Wildman–Crippen LogP) is 2.74. The molecule has 1 saturated heterocycles. The molecule has 2 aliphatic rings. The second kappa shape index (κ2) is 8.95. The van der Waals surface area contributed by atoms with Gasteiger partial charge >= 0.3 is 0 Å². The van der Waals surface area contributed by atoms with Crippen molar-refractivity contribution in [1.82, 2.24) is 14.9 Å². The molecule has 31 heavy (non-hydrogen) atoms. The topological polar surface area (TPSA) is 72.0 Å². The molecule has 0 radical (unpaired) electrons. The number of methoxy groups -OCH3 is 1. The van der Waals surface area contributed by atoms with Crippen molar-refractivity contribution in [3.8, 4) is 11.5 Å². The summed E-state index contributed by atoms with van der Waals surface area (Å²) in [5, 5.41) is 4.43. The minimum absolute atomic E-state index is 0.311. The van der Waals surface area contributed by atoms with E-state index in [2.05, 4.69) is 33.3 Å². The molecule has 8 nitrogen and oxygen atoms in total. The maximum Gasteiger partial charge on any atom is 0.231 e. The number of para-hydroxylation sites is 1. The van der Waals surface area contributed by atoms with Gasteiger partial charge in [-0.15, -0.1) is 0 Å². The standard InChI is InChI=1S/C23H27N5O3/c1-29-13-8-24-22-18-4-2-3-5-19(18)25-23(26-22)28-11-9-27(10-12-28)15-17-6-7-20-21(14-17)31-16-30-20/h2-7,14H,8-13,15-16H2,1H3,(H,24,25,26). The summed E-state index contributed by atoms with van der Waals surface area (Å²) in [6.45, 7) is 6.24. The molecule has 162 valence electrons. The third kappa shape index (κ3) is 4.35. The summed E-state index contributed by atoms with van der Waals surface area (Å²) in [6, 6.07) is 14.3. The number of rotatable bonds is 7. The number of piperazine rings is 1. The van der Waals surface area contributed by atoms with Crippen molar-refractivity contribution in [2.75, 3.05) is 63.5 Å². The number of hydrogen-bond acceptors (Lipinski definition) is 8. The van der Waals surface area contributed by atoms with Crippen LogP contribution in [0.1, 0.15) is 5.56 Å². The van der Waals surface area contributed by atoms with Gasteiger partial charge in [0.2, 0.25) is 12.7 Å². The fourth-order valence-electron chi connectivity index (χ4n) is 4.02. The number of benzene rings is 2. The van der Waals surface area contributed by atoms with E-state index in [9.17, 15) is 0 Å². The molecule has 0 amide bonds. The van der Waals surface area contributed by atoms with E-state index in [1.807, 2.05) is 24.3 Å². The molecule has 0 atom stereocenters. The first-order valence-electron chi connectivity index (χ1n) is 10.7. The molecular formula is C23H27N5O3. The lowest BCUT2D eigenvalue weighted by Gasteiger charge is -2.35. The van der Waals surface area contributed by atoms with Crippen molar-refractivity contribution in [3.63, 3.8) is 0 Å². The quantitative estimate of drug-likeness (QED) is 0.584. The average Bonchev–Trinajstić information content (AvgIpc) is 3.27. The lowest BCUT2D eigenvalue weighted by molar-refractivity contribution is 0.174. The molecule has 3 aromatic rings. The minimum Gasteiger partial charge on any atom is -0.454 e. The van der Waals surface area contributed by atoms with Crippen LogP contribution in [0.3, 0.4) is 0 Å². The smallest absolute Gasteiger partial charge is 0.231 e. The van der Waals surface area contributed by atoms with Crippen molar-refractivity contribution < 1.29 is 14.2 Å². The first-order valence-corrected chi connectivity index (χ1v) is 10.7. The molecule has 1 aromatic heterocycles. The number of aromatic nitrogens is 2. The fourth-order valence-corrected chi connectivity index (χ4v) is 4.02. The Morgan fingerprint density at radius 1 is 1.00 bits per heavy atom. The molecule has 0 saturated carbocycles. The van der Waals surface area contributed by atoms with Crippen molar-refractivity contribution in [2.45, 2.75) is 6.54 Å². The Hall–Kier alpha value is -3.10. The van der Waals surface area contributed by atoms with E-state index in [-0.39, 0.29) is 0 Å². The Bertz CT molecular complexity index is 1050. The lowest BCUT2D eigenvalue weighted by Crippen LogP contribution is -2.46. The number of fused-ring (bicyclic) bond motifs is 2. The molecule has 3 heterocycles. The number of nitrogens with zero attached hydrogens (tertiary/aromatic N) is 4. The van der Waals surface area contributed by atoms with Gasteiger partial charge in [-0.1, -0.05) is 18.2 Å². The van der Waals surface area contributed by atoms with E-state index in [1.165, 1.54) is 5.56 Å². The van der Waals surface area contributed by atoms with Gasteiger partial charge in [-0.2, -0.15) is 4.98 Å². The molecule has 1 fully saturated rings. The Labute approximate surface area is 181 Å². The summed E-state index contributed by atoms with van der Waals surface area (Å²) >= 11 is 0. The van der Waals surface area contributed by atoms with Crippen LogP contribution in [-0.4, -0.2) is 68.1 Å². The first-order chi connectivity index (χ1) is 15.3. The van der Waals surface area contributed by atoms with Gasteiger partial charge in [-0.05, 0) is 29.8 Å². The Morgan fingerprint density at radius 3 is 2.71 bits per heavy atom. The molecule has 8 heteroatoms. The van der Waals surface area contributed by atoms with Crippen molar-refractivity contribution in [2.24, 2.45) is 0 Å². The highest BCUT2D eigenvalue weighted by Gasteiger charge is 2.21. The highest BCUT2D eigenvalue weighted by molar-refractivity contribution is 5.90. The van der Waals surface area contributed by atoms with Gasteiger partial charge in [0, 0.05) is 51.8 Å². The maximum atomic E-state index is 5.51. The largest absolute Gasteiger partial charge is 0.454 e. The van der Waals surface area contributed by atoms with Gasteiger partial charge in [-0.3, -0.25) is 4.90 Å². The van der Waals surface area contributed by atoms with Crippen LogP contribution in [0.2, 0.25) is 0 Å². The molecule has 0 aliphatic carbocycles. The van der Waals surface area contributed by atoms with Crippen LogP contribution >= 0.6 is 0 Å². The number of hydrogen-bond donors (Lipinski definition) is 1. The van der Waals surface area contributed by atoms with E-state index < -0.39 is 0 Å². The van der Waals surface area contributed by atoms with Crippen LogP contribution in [0, 0.1) is 0 Å². The van der Waals surface area contributed by atoms with E-state index in [4.69, 9.17) is 24.2 Å². The molecular weight excluding hydrogens is 394 g/mol. The normalized spacial score (nSPS) is 16.1. The van der Waals surface area contributed by atoms with E-state index in [0.717, 1.165) is 66.9 Å². The fraction of sp³-hybridized carbons (Fsp3) is 0.391. The van der Waals surface area contributed by atoms with Gasteiger partial charge in [0.25, 0.3) is 0 Å². The highest BCUT2D eigenvalue weighted by atomic mass is 16.7. The van der Waals surface area contributed by atoms with Crippen LogP contribution in [-0.2, 0) is 11.3 Å². The highest BCUT2D eigenvalue weighted by Crippen LogP contribution is 2.33. The summed E-state index contributed by atoms with van der Waals surface area (Å²) in [5.41, 5.74) is 2.19. The zero-order valence-electron chi connectivity index (χ0n) is 17.7. The van der Waals surface area contributed by atoms with Gasteiger partial charge < -0.3 is 24.4 Å². The Kier molecular flexibility index (Phi) is 5.73. The molecule has 0 spiro atoms. The monoisotopic (exact) mass is 421 g/mol. The first kappa shape index (κ1) is 19.8. The summed E-state index contributed by atoms with van der Waals surface area (Å²) in [5.74, 6) is 3.31. The molecule has 5 rings (SSSR count). The Morgan fingerprint density at radius 2 is 1.84 bits per heavy atom. The molecule has 1 N–H and O–H groups in total. The SMILES string of the molecule is COCCNc1nc(N2CCN(Cc3ccc4c(c3)OCO4)CC2)nc2ccccc12. The van der Waals surface area contributed by atoms with Crippen LogP contribution in [0.4, 0.5) is 11.8 Å². The number of nitrogens with one attached hydrogen (secondary N) is 1. The van der Waals surface area contributed by atoms with Crippen LogP contribution in [0.15, 0.2) is 42.5 Å². The third-order valence-corrected chi connectivity index (χ3v) is 5.69. The minimum atomic E-state index is 0.311. The molecule has 2 aliphatic heterocycles. The average molecular weight is 422 g/mol. The van der Waals surface area contributed by atoms with Crippen molar-refractivity contribution in [3.05, 3.63) is 48.0 Å².